The third kappa shape index (κ3) is 5.26. The number of likely N-dealkylation sites (N-methyl/N-ethyl adjacent to an activating group) is 1. The molecule has 2 aromatic carbocycles. The fourth-order valence-corrected chi connectivity index (χ4v) is 4.49. The number of rotatable bonds is 8. The first-order valence-electron chi connectivity index (χ1n) is 9.96. The molecule has 1 amide bonds. The minimum absolute atomic E-state index is 0.0241. The second-order valence-corrected chi connectivity index (χ2v) is 8.31. The van der Waals surface area contributed by atoms with Crippen LogP contribution in [0.3, 0.4) is 0 Å². The summed E-state index contributed by atoms with van der Waals surface area (Å²) in [6.45, 7) is 8.06. The summed E-state index contributed by atoms with van der Waals surface area (Å²) in [5.41, 5.74) is 1.94. The van der Waals surface area contributed by atoms with Crippen LogP contribution in [-0.4, -0.2) is 35.7 Å². The normalized spacial score (nSPS) is 16.5. The molecule has 0 bridgehead atoms. The van der Waals surface area contributed by atoms with Crippen LogP contribution in [0.1, 0.15) is 31.9 Å². The van der Waals surface area contributed by atoms with Gasteiger partial charge in [0.1, 0.15) is 6.61 Å². The van der Waals surface area contributed by atoms with Crippen LogP contribution in [0.2, 0.25) is 0 Å². The Morgan fingerprint density at radius 2 is 1.83 bits per heavy atom. The van der Waals surface area contributed by atoms with Crippen LogP contribution < -0.4 is 9.47 Å². The minimum atomic E-state index is -0.0241. The van der Waals surface area contributed by atoms with E-state index >= 15 is 0 Å². The van der Waals surface area contributed by atoms with E-state index < -0.39 is 0 Å². The number of benzene rings is 2. The van der Waals surface area contributed by atoms with Crippen molar-refractivity contribution in [2.24, 2.45) is 4.99 Å². The van der Waals surface area contributed by atoms with Crippen molar-refractivity contribution in [2.45, 2.75) is 27.4 Å². The van der Waals surface area contributed by atoms with Gasteiger partial charge in [-0.2, -0.15) is 0 Å². The van der Waals surface area contributed by atoms with Crippen LogP contribution in [0.15, 0.2) is 56.8 Å². The molecule has 0 atom stereocenters. The second-order valence-electron chi connectivity index (χ2n) is 6.44. The zero-order chi connectivity index (χ0) is 21.5. The van der Waals surface area contributed by atoms with Crippen molar-refractivity contribution in [3.05, 3.63) is 63.0 Å². The number of amidine groups is 1. The highest BCUT2D eigenvalue weighted by atomic mass is 79.9. The van der Waals surface area contributed by atoms with E-state index in [9.17, 15) is 4.79 Å². The van der Waals surface area contributed by atoms with E-state index in [2.05, 4.69) is 20.9 Å². The van der Waals surface area contributed by atoms with Crippen molar-refractivity contribution < 1.29 is 14.3 Å². The molecule has 0 N–H and O–H groups in total. The van der Waals surface area contributed by atoms with E-state index in [-0.39, 0.29) is 5.91 Å². The van der Waals surface area contributed by atoms with Crippen LogP contribution in [0.5, 0.6) is 11.5 Å². The van der Waals surface area contributed by atoms with E-state index in [0.717, 1.165) is 20.8 Å². The highest BCUT2D eigenvalue weighted by Gasteiger charge is 2.32. The van der Waals surface area contributed by atoms with Gasteiger partial charge >= 0.3 is 0 Å². The summed E-state index contributed by atoms with van der Waals surface area (Å²) in [5.74, 6) is 1.28. The van der Waals surface area contributed by atoms with Gasteiger partial charge in [0, 0.05) is 17.6 Å². The van der Waals surface area contributed by atoms with Crippen molar-refractivity contribution >= 4 is 44.8 Å². The Hall–Kier alpha value is -2.25. The van der Waals surface area contributed by atoms with Gasteiger partial charge in [-0.1, -0.05) is 46.3 Å². The maximum atomic E-state index is 12.8. The lowest BCUT2D eigenvalue weighted by Crippen LogP contribution is -2.28. The summed E-state index contributed by atoms with van der Waals surface area (Å²) in [6.07, 6.45) is 1.88. The molecule has 5 nitrogen and oxygen atoms in total. The molecular formula is C23H25BrN2O3S. The monoisotopic (exact) mass is 488 g/mol. The molecule has 0 radical (unpaired) electrons. The first-order valence-corrected chi connectivity index (χ1v) is 11.6. The van der Waals surface area contributed by atoms with Gasteiger partial charge < -0.3 is 9.47 Å². The molecule has 30 heavy (non-hydrogen) atoms. The van der Waals surface area contributed by atoms with E-state index in [1.165, 1.54) is 11.8 Å². The summed E-state index contributed by atoms with van der Waals surface area (Å²) in [6, 6.07) is 13.8. The maximum absolute atomic E-state index is 12.8. The van der Waals surface area contributed by atoms with Crippen molar-refractivity contribution in [1.82, 2.24) is 4.90 Å². The smallest absolute Gasteiger partial charge is 0.266 e. The molecule has 1 saturated heterocycles. The Kier molecular flexibility index (Phi) is 7.99. The number of nitrogens with zero attached hydrogens (tertiary/aromatic N) is 2. The molecule has 1 heterocycles. The van der Waals surface area contributed by atoms with Crippen molar-refractivity contribution in [2.75, 3.05) is 19.7 Å². The standard InChI is InChI=1S/C23H25BrN2O3S/c1-4-25-23-26(5-2)22(27)21(30-23)13-17-12-19(28-6-3)20(14-18(17)24)29-15-16-10-8-7-9-11-16/h7-14H,4-6,15H2,1-3H3/b21-13-,25-23?. The zero-order valence-corrected chi connectivity index (χ0v) is 19.8. The average molecular weight is 489 g/mol. The fourth-order valence-electron chi connectivity index (χ4n) is 2.96. The molecule has 3 rings (SSSR count). The largest absolute Gasteiger partial charge is 0.490 e. The van der Waals surface area contributed by atoms with E-state index in [1.807, 2.05) is 69.3 Å². The number of thioether (sulfide) groups is 1. The number of halogens is 1. The van der Waals surface area contributed by atoms with Crippen molar-refractivity contribution in [3.63, 3.8) is 0 Å². The van der Waals surface area contributed by atoms with Gasteiger partial charge in [0.15, 0.2) is 16.7 Å². The summed E-state index contributed by atoms with van der Waals surface area (Å²) >= 11 is 5.02. The topological polar surface area (TPSA) is 51.1 Å². The van der Waals surface area contributed by atoms with Crippen molar-refractivity contribution in [1.29, 1.82) is 0 Å². The Morgan fingerprint density at radius 3 is 2.50 bits per heavy atom. The molecule has 2 aromatic rings. The van der Waals surface area contributed by atoms with Crippen LogP contribution in [0.4, 0.5) is 0 Å². The zero-order valence-electron chi connectivity index (χ0n) is 17.4. The van der Waals surface area contributed by atoms with Crippen LogP contribution >= 0.6 is 27.7 Å². The molecule has 0 unspecified atom stereocenters. The number of amides is 1. The predicted octanol–water partition coefficient (Wildman–Crippen LogP) is 5.74. The molecule has 1 aliphatic heterocycles. The number of hydrogen-bond acceptors (Lipinski definition) is 5. The predicted molar refractivity (Wildman–Crippen MR) is 127 cm³/mol. The van der Waals surface area contributed by atoms with Gasteiger partial charge in [-0.15, -0.1) is 0 Å². The molecule has 1 fully saturated rings. The summed E-state index contributed by atoms with van der Waals surface area (Å²) in [7, 11) is 0. The maximum Gasteiger partial charge on any atom is 0.266 e. The molecule has 0 aliphatic carbocycles. The number of aliphatic imine (C=N–C) groups is 1. The van der Waals surface area contributed by atoms with Gasteiger partial charge in [-0.3, -0.25) is 14.7 Å². The van der Waals surface area contributed by atoms with Gasteiger partial charge in [-0.05, 0) is 61.9 Å². The average Bonchev–Trinajstić information content (AvgIpc) is 3.04. The lowest BCUT2D eigenvalue weighted by Gasteiger charge is -2.14. The van der Waals surface area contributed by atoms with Gasteiger partial charge in [0.2, 0.25) is 0 Å². The Morgan fingerprint density at radius 1 is 1.10 bits per heavy atom. The highest BCUT2D eigenvalue weighted by molar-refractivity contribution is 9.10. The number of carbonyl (C=O) groups excluding carboxylic acids is 1. The molecule has 7 heteroatoms. The first-order chi connectivity index (χ1) is 14.6. The van der Waals surface area contributed by atoms with Crippen LogP contribution in [0, 0.1) is 0 Å². The van der Waals surface area contributed by atoms with Gasteiger partial charge in [0.05, 0.1) is 11.5 Å². The number of ether oxygens (including phenoxy) is 2. The summed E-state index contributed by atoms with van der Waals surface area (Å²) in [4.78, 5) is 19.5. The number of carbonyl (C=O) groups is 1. The number of hydrogen-bond donors (Lipinski definition) is 0. The lowest BCUT2D eigenvalue weighted by molar-refractivity contribution is -0.122. The first kappa shape index (κ1) is 22.4. The SMILES string of the molecule is CCN=C1S/C(=C\c2cc(OCC)c(OCc3ccccc3)cc2Br)C(=O)N1CC. The van der Waals surface area contributed by atoms with Crippen molar-refractivity contribution in [3.8, 4) is 11.5 Å². The molecule has 0 saturated carbocycles. The minimum Gasteiger partial charge on any atom is -0.490 e. The second kappa shape index (κ2) is 10.7. The third-order valence-corrected chi connectivity index (χ3v) is 6.12. The Bertz CT molecular complexity index is 960. The van der Waals surface area contributed by atoms with Gasteiger partial charge in [-0.25, -0.2) is 0 Å². The summed E-state index contributed by atoms with van der Waals surface area (Å²) < 4.78 is 12.7. The molecule has 0 aromatic heterocycles. The molecule has 1 aliphatic rings. The van der Waals surface area contributed by atoms with E-state index in [0.29, 0.717) is 42.7 Å². The molecule has 0 spiro atoms. The molecular weight excluding hydrogens is 464 g/mol. The quantitative estimate of drug-likeness (QED) is 0.444. The van der Waals surface area contributed by atoms with Gasteiger partial charge in [0.25, 0.3) is 5.91 Å². The third-order valence-electron chi connectivity index (χ3n) is 4.38. The lowest BCUT2D eigenvalue weighted by atomic mass is 10.1. The molecule has 158 valence electrons. The Labute approximate surface area is 190 Å². The Balaban J connectivity index is 1.89. The highest BCUT2D eigenvalue weighted by Crippen LogP contribution is 2.38. The summed E-state index contributed by atoms with van der Waals surface area (Å²) in [5, 5.41) is 0.750. The van der Waals surface area contributed by atoms with E-state index in [4.69, 9.17) is 9.47 Å². The fraction of sp³-hybridized carbons (Fsp3) is 0.304. The van der Waals surface area contributed by atoms with E-state index in [1.54, 1.807) is 4.90 Å². The van der Waals surface area contributed by atoms with Crippen LogP contribution in [0.25, 0.3) is 6.08 Å². The van der Waals surface area contributed by atoms with Crippen LogP contribution in [-0.2, 0) is 11.4 Å².